The van der Waals surface area contributed by atoms with Crippen molar-refractivity contribution in [3.05, 3.63) is 30.3 Å². The summed E-state index contributed by atoms with van der Waals surface area (Å²) in [6, 6.07) is 10.5. The monoisotopic (exact) mass is 266 g/mol. The van der Waals surface area contributed by atoms with E-state index in [-0.39, 0.29) is 5.72 Å². The van der Waals surface area contributed by atoms with Crippen molar-refractivity contribution >= 4 is 5.69 Å². The number of hydrogen-bond acceptors (Lipinski definition) is 3. The first-order valence-electron chi connectivity index (χ1n) is 8.16. The molecule has 2 heterocycles. The van der Waals surface area contributed by atoms with E-state index in [0.717, 1.165) is 53.0 Å². The molecule has 8 rings (SSSR count). The van der Waals surface area contributed by atoms with Crippen molar-refractivity contribution in [3.8, 4) is 0 Å². The lowest BCUT2D eigenvalue weighted by atomic mass is 9.59. The Labute approximate surface area is 118 Å². The van der Waals surface area contributed by atoms with Crippen molar-refractivity contribution in [2.75, 3.05) is 5.43 Å². The molecule has 7 aliphatic rings. The fraction of sp³-hybridized carbons (Fsp3) is 0.647. The standard InChI is InChI=1S/C17H18N2O/c1-2-4-7(5-3-1)18-19-17-14-9-6-8-10-11(9)15(17)13(10)16(20-17)12(8)14/h1-5,8-16,18-19H,6H2/t8-,9+,10-,11+,12+,13+,14-,15+,16-,17+/m0/s1. The topological polar surface area (TPSA) is 33.3 Å². The van der Waals surface area contributed by atoms with Gasteiger partial charge in [0, 0.05) is 17.5 Å². The minimum Gasteiger partial charge on any atom is -0.355 e. The Morgan fingerprint density at radius 3 is 2.75 bits per heavy atom. The van der Waals surface area contributed by atoms with Gasteiger partial charge in [-0.15, -0.1) is 0 Å². The van der Waals surface area contributed by atoms with Crippen LogP contribution in [-0.2, 0) is 4.74 Å². The van der Waals surface area contributed by atoms with Crippen LogP contribution in [0.15, 0.2) is 30.3 Å². The third kappa shape index (κ3) is 0.709. The van der Waals surface area contributed by atoms with Crippen LogP contribution in [0.3, 0.4) is 0 Å². The second-order valence-electron chi connectivity index (χ2n) is 7.92. The third-order valence-electron chi connectivity index (χ3n) is 7.88. The van der Waals surface area contributed by atoms with E-state index < -0.39 is 0 Å². The molecule has 5 aliphatic carbocycles. The Hall–Kier alpha value is -1.06. The second-order valence-corrected chi connectivity index (χ2v) is 7.92. The van der Waals surface area contributed by atoms with Gasteiger partial charge >= 0.3 is 0 Å². The summed E-state index contributed by atoms with van der Waals surface area (Å²) in [6.07, 6.45) is 2.13. The summed E-state index contributed by atoms with van der Waals surface area (Å²) in [4.78, 5) is 0. The smallest absolute Gasteiger partial charge is 0.142 e. The molecule has 0 radical (unpaired) electrons. The first-order chi connectivity index (χ1) is 9.90. The molecule has 3 nitrogen and oxygen atoms in total. The van der Waals surface area contributed by atoms with Crippen LogP contribution in [0.2, 0.25) is 0 Å². The molecule has 0 unspecified atom stereocenters. The van der Waals surface area contributed by atoms with Crippen LogP contribution < -0.4 is 10.9 Å². The van der Waals surface area contributed by atoms with Gasteiger partial charge in [-0.25, -0.2) is 5.43 Å². The first kappa shape index (κ1) is 9.80. The van der Waals surface area contributed by atoms with Gasteiger partial charge < -0.3 is 10.2 Å². The average Bonchev–Trinajstić information content (AvgIpc) is 3.10. The zero-order valence-corrected chi connectivity index (χ0v) is 11.2. The molecule has 102 valence electrons. The van der Waals surface area contributed by atoms with Crippen LogP contribution in [0.1, 0.15) is 6.42 Å². The van der Waals surface area contributed by atoms with E-state index in [4.69, 9.17) is 4.74 Å². The Bertz CT molecular complexity index is 623. The molecule has 4 bridgehead atoms. The van der Waals surface area contributed by atoms with Crippen molar-refractivity contribution in [1.29, 1.82) is 0 Å². The highest BCUT2D eigenvalue weighted by molar-refractivity contribution is 5.44. The molecule has 0 spiro atoms. The normalized spacial score (nSPS) is 64.5. The largest absolute Gasteiger partial charge is 0.355 e. The number of hydrogen-bond donors (Lipinski definition) is 2. The van der Waals surface area contributed by atoms with Crippen LogP contribution in [0, 0.1) is 47.3 Å². The zero-order chi connectivity index (χ0) is 12.6. The number of rotatable bonds is 3. The van der Waals surface area contributed by atoms with Gasteiger partial charge in [-0.05, 0) is 54.1 Å². The van der Waals surface area contributed by atoms with Crippen molar-refractivity contribution in [2.24, 2.45) is 47.3 Å². The zero-order valence-electron chi connectivity index (χ0n) is 11.2. The second kappa shape index (κ2) is 2.67. The first-order valence-corrected chi connectivity index (χ1v) is 8.16. The van der Waals surface area contributed by atoms with E-state index in [2.05, 4.69) is 41.2 Å². The van der Waals surface area contributed by atoms with Gasteiger partial charge in [-0.1, -0.05) is 18.2 Å². The third-order valence-corrected chi connectivity index (χ3v) is 7.88. The molecule has 3 heteroatoms. The summed E-state index contributed by atoms with van der Waals surface area (Å²) in [6.45, 7) is 0. The molecule has 20 heavy (non-hydrogen) atoms. The molecular formula is C17H18N2O. The minimum absolute atomic E-state index is 0.0209. The van der Waals surface area contributed by atoms with Gasteiger partial charge in [0.05, 0.1) is 6.10 Å². The lowest BCUT2D eigenvalue weighted by Crippen LogP contribution is -2.57. The summed E-state index contributed by atoms with van der Waals surface area (Å²) >= 11 is 0. The molecule has 10 atom stereocenters. The van der Waals surface area contributed by atoms with Crippen LogP contribution in [0.4, 0.5) is 5.69 Å². The highest BCUT2D eigenvalue weighted by atomic mass is 16.5. The summed E-state index contributed by atoms with van der Waals surface area (Å²) in [7, 11) is 0. The van der Waals surface area contributed by atoms with Crippen molar-refractivity contribution < 1.29 is 4.74 Å². The quantitative estimate of drug-likeness (QED) is 0.822. The van der Waals surface area contributed by atoms with Gasteiger partial charge in [-0.2, -0.15) is 0 Å². The van der Waals surface area contributed by atoms with Gasteiger partial charge in [0.2, 0.25) is 0 Å². The number of hydrazine groups is 1. The summed E-state index contributed by atoms with van der Waals surface area (Å²) < 4.78 is 6.60. The molecule has 2 saturated heterocycles. The van der Waals surface area contributed by atoms with Gasteiger partial charge in [0.25, 0.3) is 0 Å². The van der Waals surface area contributed by atoms with Crippen LogP contribution >= 0.6 is 0 Å². The maximum absolute atomic E-state index is 6.60. The fourth-order valence-electron chi connectivity index (χ4n) is 7.90. The minimum atomic E-state index is -0.0209. The summed E-state index contributed by atoms with van der Waals surface area (Å²) in [5, 5.41) is 0. The molecule has 2 aliphatic heterocycles. The highest BCUT2D eigenvalue weighted by Crippen LogP contribution is 2.89. The lowest BCUT2D eigenvalue weighted by molar-refractivity contribution is -0.0521. The van der Waals surface area contributed by atoms with Crippen LogP contribution in [0.25, 0.3) is 0 Å². The molecule has 7 fully saturated rings. The van der Waals surface area contributed by atoms with E-state index in [1.54, 1.807) is 0 Å². The van der Waals surface area contributed by atoms with Crippen LogP contribution in [0.5, 0.6) is 0 Å². The number of anilines is 1. The summed E-state index contributed by atoms with van der Waals surface area (Å²) in [5.74, 6) is 7.49. The van der Waals surface area contributed by atoms with Gasteiger partial charge in [-0.3, -0.25) is 0 Å². The van der Waals surface area contributed by atoms with E-state index in [1.165, 1.54) is 6.42 Å². The number of benzene rings is 1. The maximum atomic E-state index is 6.60. The Morgan fingerprint density at radius 1 is 0.950 bits per heavy atom. The lowest BCUT2D eigenvalue weighted by Gasteiger charge is -2.45. The van der Waals surface area contributed by atoms with E-state index in [9.17, 15) is 0 Å². The Kier molecular flexibility index (Phi) is 1.31. The predicted molar refractivity (Wildman–Crippen MR) is 73.3 cm³/mol. The summed E-state index contributed by atoms with van der Waals surface area (Å²) in [5.41, 5.74) is 8.24. The Morgan fingerprint density at radius 2 is 1.85 bits per heavy atom. The molecule has 0 amide bonds. The van der Waals surface area contributed by atoms with Gasteiger partial charge in [0.15, 0.2) is 0 Å². The molecule has 0 aromatic heterocycles. The van der Waals surface area contributed by atoms with E-state index in [0.29, 0.717) is 6.10 Å². The number of para-hydroxylation sites is 1. The number of ether oxygens (including phenoxy) is 1. The van der Waals surface area contributed by atoms with Crippen molar-refractivity contribution in [2.45, 2.75) is 18.2 Å². The fourth-order valence-corrected chi connectivity index (χ4v) is 7.90. The molecular weight excluding hydrogens is 248 g/mol. The molecule has 5 saturated carbocycles. The highest BCUT2D eigenvalue weighted by Gasteiger charge is 2.93. The van der Waals surface area contributed by atoms with E-state index in [1.807, 2.05) is 0 Å². The predicted octanol–water partition coefficient (Wildman–Crippen LogP) is 2.09. The molecule has 2 N–H and O–H groups in total. The van der Waals surface area contributed by atoms with Crippen molar-refractivity contribution in [3.63, 3.8) is 0 Å². The average molecular weight is 266 g/mol. The Balaban J connectivity index is 1.29. The maximum Gasteiger partial charge on any atom is 0.142 e. The van der Waals surface area contributed by atoms with Gasteiger partial charge in [0.1, 0.15) is 5.72 Å². The van der Waals surface area contributed by atoms with Crippen molar-refractivity contribution in [1.82, 2.24) is 5.43 Å². The van der Waals surface area contributed by atoms with Crippen LogP contribution in [-0.4, -0.2) is 11.8 Å². The number of nitrogens with one attached hydrogen (secondary N) is 2. The molecule has 1 aromatic carbocycles. The molecule has 1 aromatic rings. The SMILES string of the molecule is c1ccc(NN[C@]23O[C@@H]4[C@@H]5[C@H]6[C@@H]7C[C@H]([C@H]6[C@H]52)[C@H]3[C@@H]74)cc1. The van der Waals surface area contributed by atoms with E-state index >= 15 is 0 Å².